The van der Waals surface area contributed by atoms with E-state index in [-0.39, 0.29) is 5.54 Å². The molecule has 0 unspecified atom stereocenters. The largest absolute Gasteiger partial charge is 0.325 e. The SMILES string of the molecule is Cc1ccc([Si](NC(C)(C)C)(c2ccc(C)cc2)C2CCCC2)cc1. The molecule has 1 fully saturated rings. The van der Waals surface area contributed by atoms with Crippen LogP contribution in [0, 0.1) is 13.8 Å². The van der Waals surface area contributed by atoms with Gasteiger partial charge in [0.25, 0.3) is 0 Å². The van der Waals surface area contributed by atoms with Crippen molar-refractivity contribution in [2.45, 2.75) is 71.4 Å². The minimum atomic E-state index is -2.05. The second kappa shape index (κ2) is 7.09. The van der Waals surface area contributed by atoms with Gasteiger partial charge in [0.2, 0.25) is 0 Å². The summed E-state index contributed by atoms with van der Waals surface area (Å²) in [7, 11) is -2.05. The molecule has 1 saturated carbocycles. The lowest BCUT2D eigenvalue weighted by Crippen LogP contribution is -2.74. The Morgan fingerprint density at radius 2 is 1.16 bits per heavy atom. The second-order valence-electron chi connectivity index (χ2n) is 8.90. The molecule has 0 bridgehead atoms. The van der Waals surface area contributed by atoms with Gasteiger partial charge in [0, 0.05) is 5.54 Å². The zero-order chi connectivity index (χ0) is 18.1. The fraction of sp³-hybridized carbons (Fsp3) is 0.478. The molecule has 1 aliphatic carbocycles. The van der Waals surface area contributed by atoms with Crippen LogP contribution in [0.1, 0.15) is 57.6 Å². The van der Waals surface area contributed by atoms with Crippen molar-refractivity contribution in [3.8, 4) is 0 Å². The van der Waals surface area contributed by atoms with Gasteiger partial charge in [-0.25, -0.2) is 0 Å². The first-order valence-corrected chi connectivity index (χ1v) is 11.8. The summed E-state index contributed by atoms with van der Waals surface area (Å²) in [5.74, 6) is 0. The van der Waals surface area contributed by atoms with Crippen molar-refractivity contribution in [2.24, 2.45) is 0 Å². The zero-order valence-corrected chi connectivity index (χ0v) is 17.5. The van der Waals surface area contributed by atoms with Crippen LogP contribution < -0.4 is 15.4 Å². The van der Waals surface area contributed by atoms with E-state index in [4.69, 9.17) is 0 Å². The van der Waals surface area contributed by atoms with E-state index >= 15 is 0 Å². The summed E-state index contributed by atoms with van der Waals surface area (Å²) in [6.45, 7) is 11.3. The van der Waals surface area contributed by atoms with Gasteiger partial charge in [-0.3, -0.25) is 0 Å². The van der Waals surface area contributed by atoms with Crippen molar-refractivity contribution in [1.82, 2.24) is 4.98 Å². The molecule has 0 aliphatic heterocycles. The summed E-state index contributed by atoms with van der Waals surface area (Å²) < 4.78 is 0. The predicted octanol–water partition coefficient (Wildman–Crippen LogP) is 4.70. The molecule has 0 atom stereocenters. The molecule has 2 aromatic rings. The number of aryl methyl sites for hydroxylation is 2. The van der Waals surface area contributed by atoms with E-state index in [1.807, 2.05) is 0 Å². The molecule has 0 aromatic heterocycles. The van der Waals surface area contributed by atoms with Crippen molar-refractivity contribution in [3.05, 3.63) is 59.7 Å². The molecule has 1 N–H and O–H groups in total. The van der Waals surface area contributed by atoms with Crippen molar-refractivity contribution in [2.75, 3.05) is 0 Å². The van der Waals surface area contributed by atoms with Crippen LogP contribution in [0.4, 0.5) is 0 Å². The van der Waals surface area contributed by atoms with Crippen molar-refractivity contribution in [1.29, 1.82) is 0 Å². The summed E-state index contributed by atoms with van der Waals surface area (Å²) in [5, 5.41) is 3.09. The number of nitrogens with one attached hydrogen (secondary N) is 1. The standard InChI is InChI=1S/C23H33NSi/c1-18-10-14-21(15-11-18)25(24-23(3,4)5,20-8-6-7-9-20)22-16-12-19(2)13-17-22/h10-17,20,24H,6-9H2,1-5H3. The maximum Gasteiger partial charge on any atom is 0.193 e. The third-order valence-corrected chi connectivity index (χ3v) is 11.0. The van der Waals surface area contributed by atoms with Gasteiger partial charge in [-0.2, -0.15) is 0 Å². The van der Waals surface area contributed by atoms with E-state index in [2.05, 4.69) is 88.1 Å². The Morgan fingerprint density at radius 3 is 1.52 bits per heavy atom. The molecule has 0 heterocycles. The lowest BCUT2D eigenvalue weighted by atomic mass is 10.1. The van der Waals surface area contributed by atoms with Gasteiger partial charge >= 0.3 is 0 Å². The highest BCUT2D eigenvalue weighted by Crippen LogP contribution is 2.38. The van der Waals surface area contributed by atoms with Gasteiger partial charge in [0.1, 0.15) is 0 Å². The average Bonchev–Trinajstić information content (AvgIpc) is 3.08. The van der Waals surface area contributed by atoms with Crippen LogP contribution in [0.3, 0.4) is 0 Å². The third-order valence-electron chi connectivity index (χ3n) is 5.55. The number of hydrogen-bond donors (Lipinski definition) is 1. The summed E-state index contributed by atoms with van der Waals surface area (Å²) in [6, 6.07) is 18.8. The quantitative estimate of drug-likeness (QED) is 0.788. The van der Waals surface area contributed by atoms with Crippen molar-refractivity contribution in [3.63, 3.8) is 0 Å². The molecule has 1 nitrogen and oxygen atoms in total. The van der Waals surface area contributed by atoms with Crippen molar-refractivity contribution >= 4 is 18.6 Å². The lowest BCUT2D eigenvalue weighted by molar-refractivity contribution is 0.508. The molecule has 1 aliphatic rings. The lowest BCUT2D eigenvalue weighted by Gasteiger charge is -2.44. The van der Waals surface area contributed by atoms with Gasteiger partial charge in [-0.05, 0) is 50.5 Å². The summed E-state index contributed by atoms with van der Waals surface area (Å²) in [6.07, 6.45) is 5.47. The first-order valence-electron chi connectivity index (χ1n) is 9.75. The van der Waals surface area contributed by atoms with Crippen LogP contribution in [-0.4, -0.2) is 13.8 Å². The van der Waals surface area contributed by atoms with E-state index in [1.165, 1.54) is 36.8 Å². The molecule has 0 saturated heterocycles. The van der Waals surface area contributed by atoms with Gasteiger partial charge in [0.05, 0.1) is 0 Å². The number of hydrogen-bond acceptors (Lipinski definition) is 1. The highest BCUT2D eigenvalue weighted by molar-refractivity contribution is 7.01. The smallest absolute Gasteiger partial charge is 0.193 e. The van der Waals surface area contributed by atoms with E-state index in [0.29, 0.717) is 0 Å². The van der Waals surface area contributed by atoms with Crippen LogP contribution in [0.5, 0.6) is 0 Å². The van der Waals surface area contributed by atoms with Crippen LogP contribution in [0.2, 0.25) is 5.54 Å². The zero-order valence-electron chi connectivity index (χ0n) is 16.5. The van der Waals surface area contributed by atoms with E-state index in [1.54, 1.807) is 10.4 Å². The summed E-state index contributed by atoms with van der Waals surface area (Å²) in [4.78, 5) is 4.22. The third kappa shape index (κ3) is 3.90. The maximum absolute atomic E-state index is 4.22. The number of benzene rings is 2. The predicted molar refractivity (Wildman–Crippen MR) is 112 cm³/mol. The Hall–Kier alpha value is -1.38. The van der Waals surface area contributed by atoms with Crippen LogP contribution in [-0.2, 0) is 0 Å². The summed E-state index contributed by atoms with van der Waals surface area (Å²) >= 11 is 0. The molecular weight excluding hydrogens is 318 g/mol. The van der Waals surface area contributed by atoms with Crippen LogP contribution >= 0.6 is 0 Å². The second-order valence-corrected chi connectivity index (χ2v) is 12.7. The Morgan fingerprint density at radius 1 is 0.760 bits per heavy atom. The molecule has 3 rings (SSSR count). The van der Waals surface area contributed by atoms with Crippen molar-refractivity contribution < 1.29 is 0 Å². The summed E-state index contributed by atoms with van der Waals surface area (Å²) in [5.41, 5.74) is 3.57. The minimum Gasteiger partial charge on any atom is -0.325 e. The Kier molecular flexibility index (Phi) is 5.22. The Bertz CT molecular complexity index is 643. The molecule has 134 valence electrons. The van der Waals surface area contributed by atoms with Gasteiger partial charge in [-0.15, -0.1) is 0 Å². The topological polar surface area (TPSA) is 12.0 Å². The Labute approximate surface area is 155 Å². The molecule has 25 heavy (non-hydrogen) atoms. The highest BCUT2D eigenvalue weighted by Gasteiger charge is 2.47. The van der Waals surface area contributed by atoms with Crippen LogP contribution in [0.25, 0.3) is 0 Å². The van der Waals surface area contributed by atoms with Crippen LogP contribution in [0.15, 0.2) is 48.5 Å². The molecular formula is C23H33NSi. The normalized spacial score (nSPS) is 16.4. The molecule has 0 amide bonds. The number of rotatable bonds is 4. The average molecular weight is 352 g/mol. The van der Waals surface area contributed by atoms with Gasteiger partial charge in [-0.1, -0.05) is 85.3 Å². The molecule has 0 spiro atoms. The van der Waals surface area contributed by atoms with Gasteiger partial charge in [0.15, 0.2) is 8.24 Å². The first kappa shape index (κ1) is 18.4. The monoisotopic (exact) mass is 351 g/mol. The molecule has 2 heteroatoms. The molecule has 0 radical (unpaired) electrons. The van der Waals surface area contributed by atoms with Gasteiger partial charge < -0.3 is 4.98 Å². The maximum atomic E-state index is 4.22. The van der Waals surface area contributed by atoms with E-state index in [0.717, 1.165) is 5.54 Å². The Balaban J connectivity index is 2.21. The minimum absolute atomic E-state index is 0.102. The van der Waals surface area contributed by atoms with E-state index < -0.39 is 8.24 Å². The van der Waals surface area contributed by atoms with E-state index in [9.17, 15) is 0 Å². The highest BCUT2D eigenvalue weighted by atomic mass is 28.3. The molecule has 2 aromatic carbocycles. The fourth-order valence-electron chi connectivity index (χ4n) is 4.47. The first-order chi connectivity index (χ1) is 11.8. The fourth-order valence-corrected chi connectivity index (χ4v) is 10.1.